The summed E-state index contributed by atoms with van der Waals surface area (Å²) in [7, 11) is 1.67. The Kier molecular flexibility index (Phi) is 4.90. The fourth-order valence-electron chi connectivity index (χ4n) is 3.46. The molecule has 0 saturated carbocycles. The minimum absolute atomic E-state index is 0.0310. The maximum absolute atomic E-state index is 14.3. The molecule has 2 atom stereocenters. The first-order valence-corrected chi connectivity index (χ1v) is 9.11. The molecule has 1 aromatic rings. The Morgan fingerprint density at radius 1 is 1.26 bits per heavy atom. The van der Waals surface area contributed by atoms with Gasteiger partial charge < -0.3 is 9.80 Å². The number of carbonyl (C=O) groups excluding carboxylic acids is 2. The lowest BCUT2D eigenvalue weighted by molar-refractivity contribution is -0.146. The minimum atomic E-state index is -0.514. The van der Waals surface area contributed by atoms with Crippen LogP contribution in [0.4, 0.5) is 4.39 Å². The molecule has 2 amide bonds. The standard InChI is InChI=1S/C17H21FN2O2S/c1-19-15(21)7-6-13(17(22)20-8-10-23-11-9-20)16(19)12-4-2-3-5-14(12)18/h2-5,13,16H,6-11H2,1H3/t13-,16-/m0/s1. The Labute approximate surface area is 140 Å². The molecule has 2 saturated heterocycles. The molecule has 3 rings (SSSR count). The van der Waals surface area contributed by atoms with Crippen LogP contribution in [0, 0.1) is 11.7 Å². The molecule has 4 nitrogen and oxygen atoms in total. The molecule has 0 spiro atoms. The van der Waals surface area contributed by atoms with Crippen molar-refractivity contribution in [1.82, 2.24) is 9.80 Å². The molecular formula is C17H21FN2O2S. The number of likely N-dealkylation sites (tertiary alicyclic amines) is 1. The van der Waals surface area contributed by atoms with Gasteiger partial charge in [-0.05, 0) is 12.5 Å². The van der Waals surface area contributed by atoms with Gasteiger partial charge in [0.1, 0.15) is 5.82 Å². The summed E-state index contributed by atoms with van der Waals surface area (Å²) in [6, 6.07) is 5.94. The molecule has 0 bridgehead atoms. The Morgan fingerprint density at radius 3 is 2.65 bits per heavy atom. The van der Waals surface area contributed by atoms with Crippen molar-refractivity contribution in [2.24, 2.45) is 5.92 Å². The van der Waals surface area contributed by atoms with Crippen molar-refractivity contribution in [2.75, 3.05) is 31.6 Å². The summed E-state index contributed by atoms with van der Waals surface area (Å²) in [5.41, 5.74) is 0.438. The van der Waals surface area contributed by atoms with Crippen molar-refractivity contribution < 1.29 is 14.0 Å². The Morgan fingerprint density at radius 2 is 1.96 bits per heavy atom. The van der Waals surface area contributed by atoms with Gasteiger partial charge in [0.15, 0.2) is 0 Å². The molecule has 6 heteroatoms. The quantitative estimate of drug-likeness (QED) is 0.832. The molecule has 0 aromatic heterocycles. The van der Waals surface area contributed by atoms with Gasteiger partial charge in [0, 0.05) is 43.6 Å². The molecule has 0 unspecified atom stereocenters. The number of hydrogen-bond donors (Lipinski definition) is 0. The Balaban J connectivity index is 1.91. The maximum Gasteiger partial charge on any atom is 0.228 e. The maximum atomic E-state index is 14.3. The second kappa shape index (κ2) is 6.91. The third-order valence-electron chi connectivity index (χ3n) is 4.72. The Bertz CT molecular complexity index is 604. The van der Waals surface area contributed by atoms with Gasteiger partial charge >= 0.3 is 0 Å². The highest BCUT2D eigenvalue weighted by atomic mass is 32.2. The lowest BCUT2D eigenvalue weighted by Crippen LogP contribution is -2.49. The summed E-state index contributed by atoms with van der Waals surface area (Å²) in [4.78, 5) is 28.5. The van der Waals surface area contributed by atoms with E-state index in [0.717, 1.165) is 24.6 Å². The first-order valence-electron chi connectivity index (χ1n) is 7.96. The van der Waals surface area contributed by atoms with Gasteiger partial charge in [-0.3, -0.25) is 9.59 Å². The SMILES string of the molecule is CN1C(=O)CC[C@H](C(=O)N2CCSCC2)[C@@H]1c1ccccc1F. The van der Waals surface area contributed by atoms with E-state index >= 15 is 0 Å². The van der Waals surface area contributed by atoms with E-state index in [1.165, 1.54) is 6.07 Å². The summed E-state index contributed by atoms with van der Waals surface area (Å²) >= 11 is 1.84. The lowest BCUT2D eigenvalue weighted by Gasteiger charge is -2.41. The molecule has 0 N–H and O–H groups in total. The van der Waals surface area contributed by atoms with Crippen molar-refractivity contribution >= 4 is 23.6 Å². The number of rotatable bonds is 2. The van der Waals surface area contributed by atoms with Crippen LogP contribution in [-0.4, -0.2) is 53.3 Å². The van der Waals surface area contributed by atoms with E-state index in [4.69, 9.17) is 0 Å². The zero-order chi connectivity index (χ0) is 16.4. The van der Waals surface area contributed by atoms with E-state index in [2.05, 4.69) is 0 Å². The first-order chi connectivity index (χ1) is 11.1. The second-order valence-electron chi connectivity index (χ2n) is 6.05. The van der Waals surface area contributed by atoms with Gasteiger partial charge in [0.05, 0.1) is 12.0 Å². The van der Waals surface area contributed by atoms with Crippen molar-refractivity contribution in [2.45, 2.75) is 18.9 Å². The third-order valence-corrected chi connectivity index (χ3v) is 5.67. The zero-order valence-corrected chi connectivity index (χ0v) is 14.0. The molecule has 0 aliphatic carbocycles. The molecule has 2 heterocycles. The summed E-state index contributed by atoms with van der Waals surface area (Å²) in [6.07, 6.45) is 0.838. The van der Waals surface area contributed by atoms with E-state index in [0.29, 0.717) is 18.4 Å². The molecule has 2 aliphatic heterocycles. The van der Waals surface area contributed by atoms with Crippen LogP contribution in [0.2, 0.25) is 0 Å². The van der Waals surface area contributed by atoms with Gasteiger partial charge in [0.25, 0.3) is 0 Å². The smallest absolute Gasteiger partial charge is 0.228 e. The fourth-order valence-corrected chi connectivity index (χ4v) is 4.36. The number of carbonyl (C=O) groups is 2. The van der Waals surface area contributed by atoms with Crippen molar-refractivity contribution in [3.8, 4) is 0 Å². The number of amides is 2. The largest absolute Gasteiger partial charge is 0.341 e. The van der Waals surface area contributed by atoms with Crippen molar-refractivity contribution in [1.29, 1.82) is 0 Å². The third kappa shape index (κ3) is 3.22. The van der Waals surface area contributed by atoms with E-state index in [9.17, 15) is 14.0 Å². The van der Waals surface area contributed by atoms with Crippen LogP contribution in [0.5, 0.6) is 0 Å². The van der Waals surface area contributed by atoms with Crippen LogP contribution < -0.4 is 0 Å². The monoisotopic (exact) mass is 336 g/mol. The van der Waals surface area contributed by atoms with Crippen LogP contribution in [0.3, 0.4) is 0 Å². The average molecular weight is 336 g/mol. The number of hydrogen-bond acceptors (Lipinski definition) is 3. The molecule has 124 valence electrons. The zero-order valence-electron chi connectivity index (χ0n) is 13.2. The summed E-state index contributed by atoms with van der Waals surface area (Å²) in [6.45, 7) is 1.48. The van der Waals surface area contributed by atoms with Gasteiger partial charge in [0.2, 0.25) is 11.8 Å². The van der Waals surface area contributed by atoms with Crippen molar-refractivity contribution in [3.05, 3.63) is 35.6 Å². The summed E-state index contributed by atoms with van der Waals surface area (Å²) in [5.74, 6) is 1.19. The van der Waals surface area contributed by atoms with Crippen LogP contribution in [0.15, 0.2) is 24.3 Å². The predicted molar refractivity (Wildman–Crippen MR) is 88.5 cm³/mol. The molecule has 0 radical (unpaired) electrons. The van der Waals surface area contributed by atoms with Gasteiger partial charge in [-0.2, -0.15) is 11.8 Å². The highest BCUT2D eigenvalue weighted by Gasteiger charge is 2.41. The number of piperidine rings is 1. The highest BCUT2D eigenvalue weighted by molar-refractivity contribution is 7.99. The van der Waals surface area contributed by atoms with E-state index in [-0.39, 0.29) is 23.5 Å². The van der Waals surface area contributed by atoms with Crippen LogP contribution in [0.25, 0.3) is 0 Å². The molecular weight excluding hydrogens is 315 g/mol. The number of thioether (sulfide) groups is 1. The topological polar surface area (TPSA) is 40.6 Å². The molecule has 1 aromatic carbocycles. The molecule has 2 aliphatic rings. The first kappa shape index (κ1) is 16.3. The lowest BCUT2D eigenvalue weighted by atomic mass is 9.83. The molecule has 23 heavy (non-hydrogen) atoms. The van der Waals surface area contributed by atoms with E-state index < -0.39 is 6.04 Å². The molecule has 2 fully saturated rings. The summed E-state index contributed by atoms with van der Waals surface area (Å²) in [5, 5.41) is 0. The van der Waals surface area contributed by atoms with Crippen LogP contribution >= 0.6 is 11.8 Å². The van der Waals surface area contributed by atoms with E-state index in [1.54, 1.807) is 30.1 Å². The van der Waals surface area contributed by atoms with Crippen molar-refractivity contribution in [3.63, 3.8) is 0 Å². The van der Waals surface area contributed by atoms with Gasteiger partial charge in [-0.15, -0.1) is 0 Å². The normalized spacial score (nSPS) is 25.6. The Hall–Kier alpha value is -1.56. The van der Waals surface area contributed by atoms with Crippen LogP contribution in [0.1, 0.15) is 24.4 Å². The number of nitrogens with zero attached hydrogens (tertiary/aromatic N) is 2. The van der Waals surface area contributed by atoms with E-state index in [1.807, 2.05) is 16.7 Å². The van der Waals surface area contributed by atoms with Crippen LogP contribution in [-0.2, 0) is 9.59 Å². The predicted octanol–water partition coefficient (Wildman–Crippen LogP) is 2.31. The van der Waals surface area contributed by atoms with Gasteiger partial charge in [-0.1, -0.05) is 18.2 Å². The minimum Gasteiger partial charge on any atom is -0.341 e. The fraction of sp³-hybridized carbons (Fsp3) is 0.529. The summed E-state index contributed by atoms with van der Waals surface area (Å²) < 4.78 is 14.3. The highest BCUT2D eigenvalue weighted by Crippen LogP contribution is 2.38. The average Bonchev–Trinajstić information content (AvgIpc) is 2.58. The number of benzene rings is 1. The second-order valence-corrected chi connectivity index (χ2v) is 7.28. The van der Waals surface area contributed by atoms with Gasteiger partial charge in [-0.25, -0.2) is 4.39 Å². The number of halogens is 1.